The fourth-order valence-electron chi connectivity index (χ4n) is 2.76. The van der Waals surface area contributed by atoms with Crippen LogP contribution in [0.5, 0.6) is 11.5 Å². The number of halogens is 2. The van der Waals surface area contributed by atoms with Gasteiger partial charge in [-0.3, -0.25) is 0 Å². The fraction of sp³-hybridized carbons (Fsp3) is 0.600. The van der Waals surface area contributed by atoms with Gasteiger partial charge in [-0.05, 0) is 36.5 Å². The predicted octanol–water partition coefficient (Wildman–Crippen LogP) is 5.33. The Morgan fingerprint density at radius 1 is 1.11 bits per heavy atom. The van der Waals surface area contributed by atoms with E-state index in [2.05, 4.69) is 15.9 Å². The highest BCUT2D eigenvalue weighted by molar-refractivity contribution is 9.10. The van der Waals surface area contributed by atoms with Gasteiger partial charge in [0.2, 0.25) is 0 Å². The number of methoxy groups -OCH3 is 2. The average molecular weight is 348 g/mol. The Hall–Kier alpha value is -0.410. The highest BCUT2D eigenvalue weighted by atomic mass is 79.9. The topological polar surface area (TPSA) is 18.5 Å². The molecule has 0 aliphatic heterocycles. The summed E-state index contributed by atoms with van der Waals surface area (Å²) in [5, 5.41) is 0.0366. The van der Waals surface area contributed by atoms with E-state index in [9.17, 15) is 0 Å². The maximum Gasteiger partial charge on any atom is 0.161 e. The SMILES string of the molecule is COc1cc(Br)c(C(Cl)C2CCCCC2)cc1OC. The Morgan fingerprint density at radius 3 is 2.26 bits per heavy atom. The molecule has 1 aliphatic rings. The zero-order valence-corrected chi connectivity index (χ0v) is 13.8. The molecule has 0 spiro atoms. The molecule has 19 heavy (non-hydrogen) atoms. The van der Waals surface area contributed by atoms with Crippen LogP contribution in [-0.2, 0) is 0 Å². The van der Waals surface area contributed by atoms with Gasteiger partial charge in [-0.1, -0.05) is 35.2 Å². The van der Waals surface area contributed by atoms with Gasteiger partial charge >= 0.3 is 0 Å². The lowest BCUT2D eigenvalue weighted by atomic mass is 9.84. The molecule has 0 heterocycles. The van der Waals surface area contributed by atoms with Crippen molar-refractivity contribution in [2.45, 2.75) is 37.5 Å². The Bertz CT molecular complexity index is 430. The summed E-state index contributed by atoms with van der Waals surface area (Å²) in [6.07, 6.45) is 6.36. The van der Waals surface area contributed by atoms with Gasteiger partial charge in [0, 0.05) is 4.47 Å². The number of ether oxygens (including phenoxy) is 2. The maximum atomic E-state index is 6.69. The third kappa shape index (κ3) is 3.38. The second-order valence-electron chi connectivity index (χ2n) is 5.03. The molecule has 1 aromatic carbocycles. The van der Waals surface area contributed by atoms with Gasteiger partial charge < -0.3 is 9.47 Å². The molecule has 2 rings (SSSR count). The standard InChI is InChI=1S/C15H20BrClO2/c1-18-13-8-11(12(16)9-14(13)19-2)15(17)10-6-4-3-5-7-10/h8-10,15H,3-7H2,1-2H3. The number of hydrogen-bond donors (Lipinski definition) is 0. The monoisotopic (exact) mass is 346 g/mol. The first-order chi connectivity index (χ1) is 9.17. The molecule has 0 radical (unpaired) electrons. The third-order valence-corrected chi connectivity index (χ3v) is 5.14. The molecule has 0 bridgehead atoms. The van der Waals surface area contributed by atoms with Crippen molar-refractivity contribution in [1.29, 1.82) is 0 Å². The fourth-order valence-corrected chi connectivity index (χ4v) is 3.90. The lowest BCUT2D eigenvalue weighted by Gasteiger charge is -2.27. The molecule has 0 saturated heterocycles. The van der Waals surface area contributed by atoms with Gasteiger partial charge in [0.05, 0.1) is 19.6 Å². The minimum Gasteiger partial charge on any atom is -0.493 e. The summed E-state index contributed by atoms with van der Waals surface area (Å²) in [6, 6.07) is 3.93. The van der Waals surface area contributed by atoms with Crippen LogP contribution in [0.1, 0.15) is 43.0 Å². The average Bonchev–Trinajstić information content (AvgIpc) is 2.47. The van der Waals surface area contributed by atoms with Crippen LogP contribution < -0.4 is 9.47 Å². The van der Waals surface area contributed by atoms with E-state index in [1.54, 1.807) is 14.2 Å². The van der Waals surface area contributed by atoms with E-state index in [0.717, 1.165) is 21.5 Å². The van der Waals surface area contributed by atoms with E-state index in [-0.39, 0.29) is 5.38 Å². The first-order valence-electron chi connectivity index (χ1n) is 6.73. The summed E-state index contributed by atoms with van der Waals surface area (Å²) < 4.78 is 11.7. The van der Waals surface area contributed by atoms with Gasteiger partial charge in [-0.2, -0.15) is 0 Å². The van der Waals surface area contributed by atoms with Gasteiger partial charge in [0.15, 0.2) is 11.5 Å². The summed E-state index contributed by atoms with van der Waals surface area (Å²) >= 11 is 10.3. The van der Waals surface area contributed by atoms with Gasteiger partial charge in [-0.25, -0.2) is 0 Å². The Balaban J connectivity index is 2.27. The zero-order valence-electron chi connectivity index (χ0n) is 11.4. The quantitative estimate of drug-likeness (QED) is 0.686. The highest BCUT2D eigenvalue weighted by Gasteiger charge is 2.26. The Kier molecular flexibility index (Phi) is 5.40. The summed E-state index contributed by atoms with van der Waals surface area (Å²) in [4.78, 5) is 0. The van der Waals surface area contributed by atoms with Crippen molar-refractivity contribution in [3.05, 3.63) is 22.2 Å². The molecule has 1 fully saturated rings. The molecular formula is C15H20BrClO2. The molecule has 106 valence electrons. The summed E-state index contributed by atoms with van der Waals surface area (Å²) in [5.74, 6) is 2.03. The van der Waals surface area contributed by atoms with Crippen molar-refractivity contribution in [2.75, 3.05) is 14.2 Å². The van der Waals surface area contributed by atoms with E-state index in [1.165, 1.54) is 32.1 Å². The number of hydrogen-bond acceptors (Lipinski definition) is 2. The molecule has 0 N–H and O–H groups in total. The Labute approximate surface area is 128 Å². The molecule has 2 nitrogen and oxygen atoms in total. The molecular weight excluding hydrogens is 328 g/mol. The summed E-state index contributed by atoms with van der Waals surface area (Å²) in [7, 11) is 3.29. The Morgan fingerprint density at radius 2 is 1.68 bits per heavy atom. The molecule has 4 heteroatoms. The number of alkyl halides is 1. The van der Waals surface area contributed by atoms with E-state index in [0.29, 0.717) is 5.92 Å². The second kappa shape index (κ2) is 6.85. The van der Waals surface area contributed by atoms with Crippen LogP contribution in [0.3, 0.4) is 0 Å². The largest absolute Gasteiger partial charge is 0.493 e. The first kappa shape index (κ1) is 15.0. The van der Waals surface area contributed by atoms with Gasteiger partial charge in [-0.15, -0.1) is 11.6 Å². The van der Waals surface area contributed by atoms with Crippen LogP contribution >= 0.6 is 27.5 Å². The van der Waals surface area contributed by atoms with E-state index in [4.69, 9.17) is 21.1 Å². The number of benzene rings is 1. The maximum absolute atomic E-state index is 6.69. The molecule has 1 unspecified atom stereocenters. The second-order valence-corrected chi connectivity index (χ2v) is 6.35. The van der Waals surface area contributed by atoms with Crippen molar-refractivity contribution in [1.82, 2.24) is 0 Å². The molecule has 1 saturated carbocycles. The van der Waals surface area contributed by atoms with E-state index < -0.39 is 0 Å². The lowest BCUT2D eigenvalue weighted by Crippen LogP contribution is -2.12. The predicted molar refractivity (Wildman–Crippen MR) is 82.4 cm³/mol. The zero-order chi connectivity index (χ0) is 13.8. The van der Waals surface area contributed by atoms with Crippen LogP contribution in [0.25, 0.3) is 0 Å². The molecule has 1 aliphatic carbocycles. The molecule has 0 aromatic heterocycles. The van der Waals surface area contributed by atoms with Crippen LogP contribution in [-0.4, -0.2) is 14.2 Å². The lowest BCUT2D eigenvalue weighted by molar-refractivity contribution is 0.342. The van der Waals surface area contributed by atoms with Crippen molar-refractivity contribution >= 4 is 27.5 Å². The van der Waals surface area contributed by atoms with Crippen LogP contribution in [0, 0.1) is 5.92 Å². The minimum atomic E-state index is 0.0366. The van der Waals surface area contributed by atoms with Crippen LogP contribution in [0.15, 0.2) is 16.6 Å². The molecule has 1 atom stereocenters. The van der Waals surface area contributed by atoms with Crippen LogP contribution in [0.2, 0.25) is 0 Å². The normalized spacial score (nSPS) is 18.1. The van der Waals surface area contributed by atoms with Crippen molar-refractivity contribution in [3.8, 4) is 11.5 Å². The highest BCUT2D eigenvalue weighted by Crippen LogP contribution is 2.44. The van der Waals surface area contributed by atoms with Crippen molar-refractivity contribution in [2.24, 2.45) is 5.92 Å². The van der Waals surface area contributed by atoms with Gasteiger partial charge in [0.25, 0.3) is 0 Å². The molecule has 1 aromatic rings. The summed E-state index contributed by atoms with van der Waals surface area (Å²) in [5.41, 5.74) is 1.10. The van der Waals surface area contributed by atoms with Gasteiger partial charge in [0.1, 0.15) is 0 Å². The van der Waals surface area contributed by atoms with Crippen LogP contribution in [0.4, 0.5) is 0 Å². The molecule has 0 amide bonds. The number of rotatable bonds is 4. The van der Waals surface area contributed by atoms with Crippen molar-refractivity contribution < 1.29 is 9.47 Å². The van der Waals surface area contributed by atoms with E-state index in [1.807, 2.05) is 12.1 Å². The first-order valence-corrected chi connectivity index (χ1v) is 7.95. The third-order valence-electron chi connectivity index (χ3n) is 3.86. The summed E-state index contributed by atoms with van der Waals surface area (Å²) in [6.45, 7) is 0. The smallest absolute Gasteiger partial charge is 0.161 e. The van der Waals surface area contributed by atoms with Crippen molar-refractivity contribution in [3.63, 3.8) is 0 Å². The minimum absolute atomic E-state index is 0.0366. The van der Waals surface area contributed by atoms with E-state index >= 15 is 0 Å².